The fraction of sp³-hybridized carbons (Fsp3) is 0.263. The molecule has 0 aliphatic heterocycles. The lowest BCUT2D eigenvalue weighted by Gasteiger charge is -2.17. The number of hydrogen-bond donors (Lipinski definition) is 3. The van der Waals surface area contributed by atoms with Crippen LogP contribution < -0.4 is 0 Å². The molecule has 0 saturated carbocycles. The maximum absolute atomic E-state index is 12.0. The number of hydrogen-bond acceptors (Lipinski definition) is 5. The molecule has 3 atom stereocenters. The first-order valence-corrected chi connectivity index (χ1v) is 7.69. The predicted molar refractivity (Wildman–Crippen MR) is 88.3 cm³/mol. The molecule has 0 bridgehead atoms. The van der Waals surface area contributed by atoms with Crippen LogP contribution in [0.5, 0.6) is 0 Å². The molecule has 0 radical (unpaired) electrons. The van der Waals surface area contributed by atoms with Crippen LogP contribution in [0.3, 0.4) is 0 Å². The van der Waals surface area contributed by atoms with Gasteiger partial charge in [-0.15, -0.1) is 0 Å². The smallest absolute Gasteiger partial charge is 0.232 e. The first kappa shape index (κ1) is 18.0. The molecule has 0 spiro atoms. The van der Waals surface area contributed by atoms with Crippen LogP contribution >= 0.6 is 0 Å². The van der Waals surface area contributed by atoms with E-state index in [1.54, 1.807) is 60.7 Å². The Morgan fingerprint density at radius 1 is 0.708 bits per heavy atom. The summed E-state index contributed by atoms with van der Waals surface area (Å²) < 4.78 is 0. The van der Waals surface area contributed by atoms with Crippen molar-refractivity contribution in [3.63, 3.8) is 0 Å². The second-order valence-electron chi connectivity index (χ2n) is 5.64. The molecular formula is C19H20O5. The number of aliphatic hydroxyl groups is 3. The van der Waals surface area contributed by atoms with Gasteiger partial charge in [-0.05, 0) is 11.1 Å². The van der Waals surface area contributed by atoms with E-state index in [4.69, 9.17) is 0 Å². The van der Waals surface area contributed by atoms with Gasteiger partial charge in [-0.25, -0.2) is 0 Å². The molecule has 0 saturated heterocycles. The minimum absolute atomic E-state index is 0.0209. The van der Waals surface area contributed by atoms with Gasteiger partial charge in [0.1, 0.15) is 12.2 Å². The van der Waals surface area contributed by atoms with Crippen LogP contribution in [0.25, 0.3) is 0 Å². The standard InChI is InChI=1S/C19H20O5/c20-15(11-13-7-3-1-4-8-13)17(22)19(24)18(23)16(21)12-14-9-5-2-6-10-14/h1-10,15-17,20-22H,11-12H2/t15?,16?,17-/m0/s1. The number of benzene rings is 2. The normalized spacial score (nSPS) is 14.6. The van der Waals surface area contributed by atoms with Gasteiger partial charge in [0.05, 0.1) is 6.10 Å². The molecule has 3 N–H and O–H groups in total. The molecule has 0 heterocycles. The van der Waals surface area contributed by atoms with Crippen molar-refractivity contribution in [3.8, 4) is 0 Å². The van der Waals surface area contributed by atoms with Gasteiger partial charge in [0.25, 0.3) is 0 Å². The van der Waals surface area contributed by atoms with Crippen LogP contribution in [0.2, 0.25) is 0 Å². The van der Waals surface area contributed by atoms with Crippen molar-refractivity contribution in [2.24, 2.45) is 0 Å². The molecule has 0 aliphatic carbocycles. The topological polar surface area (TPSA) is 94.8 Å². The maximum Gasteiger partial charge on any atom is 0.232 e. The zero-order chi connectivity index (χ0) is 17.5. The number of rotatable bonds is 8. The van der Waals surface area contributed by atoms with Gasteiger partial charge >= 0.3 is 0 Å². The van der Waals surface area contributed by atoms with E-state index >= 15 is 0 Å². The lowest BCUT2D eigenvalue weighted by molar-refractivity contribution is -0.149. The predicted octanol–water partition coefficient (Wildman–Crippen LogP) is 0.693. The highest BCUT2D eigenvalue weighted by Gasteiger charge is 2.33. The van der Waals surface area contributed by atoms with Gasteiger partial charge in [-0.2, -0.15) is 0 Å². The summed E-state index contributed by atoms with van der Waals surface area (Å²) in [5.74, 6) is -2.28. The summed E-state index contributed by atoms with van der Waals surface area (Å²) in [5.41, 5.74) is 1.43. The van der Waals surface area contributed by atoms with E-state index in [0.717, 1.165) is 5.56 Å². The Balaban J connectivity index is 1.94. The first-order valence-electron chi connectivity index (χ1n) is 7.69. The van der Waals surface area contributed by atoms with Crippen LogP contribution in [-0.4, -0.2) is 45.2 Å². The zero-order valence-corrected chi connectivity index (χ0v) is 13.1. The van der Waals surface area contributed by atoms with Crippen LogP contribution in [0.15, 0.2) is 60.7 Å². The minimum atomic E-state index is -1.86. The number of aliphatic hydroxyl groups excluding tert-OH is 3. The number of carbonyl (C=O) groups excluding carboxylic acids is 2. The highest BCUT2D eigenvalue weighted by molar-refractivity contribution is 6.40. The Morgan fingerprint density at radius 3 is 1.67 bits per heavy atom. The summed E-state index contributed by atoms with van der Waals surface area (Å²) in [5, 5.41) is 29.8. The van der Waals surface area contributed by atoms with Crippen molar-refractivity contribution < 1.29 is 24.9 Å². The SMILES string of the molecule is O=C(C(=O)[C@@H](O)C(O)Cc1ccccc1)C(O)Cc1ccccc1. The molecule has 2 aromatic carbocycles. The lowest BCUT2D eigenvalue weighted by Crippen LogP contribution is -2.43. The van der Waals surface area contributed by atoms with Crippen LogP contribution in [0.4, 0.5) is 0 Å². The number of carbonyl (C=O) groups is 2. The fourth-order valence-corrected chi connectivity index (χ4v) is 2.38. The molecule has 0 fully saturated rings. The molecule has 5 nitrogen and oxygen atoms in total. The van der Waals surface area contributed by atoms with Crippen molar-refractivity contribution in [1.82, 2.24) is 0 Å². The van der Waals surface area contributed by atoms with E-state index in [2.05, 4.69) is 0 Å². The highest BCUT2D eigenvalue weighted by atomic mass is 16.3. The Bertz CT molecular complexity index is 669. The van der Waals surface area contributed by atoms with Crippen molar-refractivity contribution >= 4 is 11.6 Å². The second-order valence-corrected chi connectivity index (χ2v) is 5.64. The summed E-state index contributed by atoms with van der Waals surface area (Å²) in [6.07, 6.45) is -4.79. The summed E-state index contributed by atoms with van der Waals surface area (Å²) >= 11 is 0. The van der Waals surface area contributed by atoms with Crippen LogP contribution in [0, 0.1) is 0 Å². The van der Waals surface area contributed by atoms with E-state index in [9.17, 15) is 24.9 Å². The average Bonchev–Trinajstić information content (AvgIpc) is 2.61. The van der Waals surface area contributed by atoms with E-state index in [1.165, 1.54) is 0 Å². The quantitative estimate of drug-likeness (QED) is 0.620. The van der Waals surface area contributed by atoms with Gasteiger partial charge in [0.15, 0.2) is 0 Å². The van der Waals surface area contributed by atoms with Gasteiger partial charge in [-0.3, -0.25) is 9.59 Å². The average molecular weight is 328 g/mol. The van der Waals surface area contributed by atoms with Gasteiger partial charge < -0.3 is 15.3 Å². The number of Topliss-reactive ketones (excluding diaryl/α,β-unsaturated/α-hetero) is 2. The third-order valence-electron chi connectivity index (χ3n) is 3.74. The van der Waals surface area contributed by atoms with Gasteiger partial charge in [0.2, 0.25) is 11.6 Å². The zero-order valence-electron chi connectivity index (χ0n) is 13.1. The maximum atomic E-state index is 12.0. The largest absolute Gasteiger partial charge is 0.390 e. The molecule has 24 heavy (non-hydrogen) atoms. The van der Waals surface area contributed by atoms with Crippen LogP contribution in [0.1, 0.15) is 11.1 Å². The fourth-order valence-electron chi connectivity index (χ4n) is 2.38. The van der Waals surface area contributed by atoms with Crippen molar-refractivity contribution in [2.45, 2.75) is 31.2 Å². The van der Waals surface area contributed by atoms with E-state index in [-0.39, 0.29) is 12.8 Å². The Kier molecular flexibility index (Phi) is 6.37. The van der Waals surface area contributed by atoms with Gasteiger partial charge in [0, 0.05) is 12.8 Å². The molecule has 2 rings (SSSR count). The van der Waals surface area contributed by atoms with E-state index in [0.29, 0.717) is 5.56 Å². The molecule has 126 valence electrons. The first-order chi connectivity index (χ1) is 11.5. The Hall–Kier alpha value is -2.34. The third-order valence-corrected chi connectivity index (χ3v) is 3.74. The summed E-state index contributed by atoms with van der Waals surface area (Å²) in [7, 11) is 0. The Morgan fingerprint density at radius 2 is 1.17 bits per heavy atom. The molecule has 2 unspecified atom stereocenters. The lowest BCUT2D eigenvalue weighted by atomic mass is 9.95. The Labute approximate surface area is 140 Å². The molecule has 5 heteroatoms. The summed E-state index contributed by atoms with van der Waals surface area (Å²) in [4.78, 5) is 24.0. The van der Waals surface area contributed by atoms with Crippen molar-refractivity contribution in [3.05, 3.63) is 71.8 Å². The van der Waals surface area contributed by atoms with E-state index < -0.39 is 29.9 Å². The molecule has 0 amide bonds. The van der Waals surface area contributed by atoms with Gasteiger partial charge in [-0.1, -0.05) is 60.7 Å². The molecular weight excluding hydrogens is 308 g/mol. The van der Waals surface area contributed by atoms with Crippen molar-refractivity contribution in [1.29, 1.82) is 0 Å². The summed E-state index contributed by atoms with van der Waals surface area (Å²) in [6.45, 7) is 0. The highest BCUT2D eigenvalue weighted by Crippen LogP contribution is 2.10. The van der Waals surface area contributed by atoms with Crippen molar-refractivity contribution in [2.75, 3.05) is 0 Å². The molecule has 2 aromatic rings. The van der Waals surface area contributed by atoms with E-state index in [1.807, 2.05) is 0 Å². The third kappa shape index (κ3) is 4.83. The summed E-state index contributed by atoms with van der Waals surface area (Å²) in [6, 6.07) is 17.6. The number of ketones is 2. The van der Waals surface area contributed by atoms with Crippen LogP contribution in [-0.2, 0) is 22.4 Å². The monoisotopic (exact) mass is 328 g/mol. The minimum Gasteiger partial charge on any atom is -0.390 e. The molecule has 0 aliphatic rings. The molecule has 0 aromatic heterocycles. The second kappa shape index (κ2) is 8.49.